The van der Waals surface area contributed by atoms with Gasteiger partial charge in [0.25, 0.3) is 0 Å². The minimum absolute atomic E-state index is 0. The smallest absolute Gasteiger partial charge is 0.239 e. The first-order valence-electron chi connectivity index (χ1n) is 19.8. The topological polar surface area (TPSA) is 44.2 Å². The van der Waals surface area contributed by atoms with Crippen molar-refractivity contribution in [3.8, 4) is 56.6 Å². The molecule has 0 aliphatic carbocycles. The Morgan fingerprint density at radius 1 is 0.653 bits per heavy atom. The summed E-state index contributed by atoms with van der Waals surface area (Å²) in [6, 6.07) is 42.5. The summed E-state index contributed by atoms with van der Waals surface area (Å²) in [7, 11) is 0. The van der Waals surface area contributed by atoms with Crippen LogP contribution in [0.25, 0.3) is 33.6 Å². The minimum Gasteiger partial charge on any atom is -0.503 e. The van der Waals surface area contributed by atoms with Gasteiger partial charge in [0, 0.05) is 56.3 Å². The van der Waals surface area contributed by atoms with Crippen LogP contribution in [0.5, 0.6) is 23.0 Å². The number of aryl methyl sites for hydroxylation is 3. The predicted octanol–water partition coefficient (Wildman–Crippen LogP) is 8.41. The summed E-state index contributed by atoms with van der Waals surface area (Å²) in [4.78, 5) is 8.69. The molecule has 4 nitrogen and oxygen atoms in total. The van der Waals surface area contributed by atoms with Crippen LogP contribution in [-0.4, -0.2) is 16.7 Å². The van der Waals surface area contributed by atoms with Crippen LogP contribution in [0.15, 0.2) is 134 Å². The van der Waals surface area contributed by atoms with Crippen LogP contribution in [0.3, 0.4) is 0 Å². The Morgan fingerprint density at radius 3 is 2.14 bits per heavy atom. The van der Waals surface area contributed by atoms with Crippen LogP contribution in [-0.2, 0) is 20.1 Å². The van der Waals surface area contributed by atoms with E-state index in [-0.39, 0.29) is 43.5 Å². The van der Waals surface area contributed by atoms with Gasteiger partial charge in [-0.2, -0.15) is 0 Å². The van der Waals surface area contributed by atoms with Crippen LogP contribution in [0, 0.1) is 32.7 Å². The van der Waals surface area contributed by atoms with Gasteiger partial charge in [-0.05, 0) is 70.9 Å². The zero-order valence-corrected chi connectivity index (χ0v) is 28.2. The van der Waals surface area contributed by atoms with E-state index in [9.17, 15) is 0 Å². The van der Waals surface area contributed by atoms with Crippen molar-refractivity contribution >= 4 is 23.1 Å². The third kappa shape index (κ3) is 6.22. The first kappa shape index (κ1) is 23.1. The Balaban J connectivity index is 0.000000177. The number of ether oxygens (including phenoxy) is 2. The maximum atomic E-state index is 7.76. The van der Waals surface area contributed by atoms with Gasteiger partial charge in [-0.3, -0.25) is 0 Å². The molecule has 0 saturated carbocycles. The summed E-state index contributed by atoms with van der Waals surface area (Å²) >= 11 is 0. The van der Waals surface area contributed by atoms with E-state index < -0.39 is 20.6 Å². The molecule has 0 atom stereocenters. The summed E-state index contributed by atoms with van der Waals surface area (Å²) in [5.74, 6) is 2.86. The Kier molecular flexibility index (Phi) is 6.46. The van der Waals surface area contributed by atoms with Gasteiger partial charge < -0.3 is 19.4 Å². The second kappa shape index (κ2) is 13.7. The number of aromatic nitrogens is 2. The van der Waals surface area contributed by atoms with Crippen LogP contribution in [0.1, 0.15) is 29.0 Å². The molecule has 0 bridgehead atoms. The number of benzene rings is 5. The molecule has 2 aliphatic rings. The molecular formula is C43H31BIrN2O2-2. The van der Waals surface area contributed by atoms with Crippen LogP contribution < -0.4 is 25.9 Å². The predicted molar refractivity (Wildman–Crippen MR) is 194 cm³/mol. The molecule has 0 saturated heterocycles. The fraction of sp³-hybridized carbons (Fsp3) is 0.0698. The quantitative estimate of drug-likeness (QED) is 0.133. The molecule has 0 amide bonds. The first-order valence-corrected chi connectivity index (χ1v) is 15.3. The fourth-order valence-electron chi connectivity index (χ4n) is 6.12. The van der Waals surface area contributed by atoms with Crippen molar-refractivity contribution in [3.05, 3.63) is 163 Å². The molecule has 6 heteroatoms. The third-order valence-corrected chi connectivity index (χ3v) is 8.36. The summed E-state index contributed by atoms with van der Waals surface area (Å²) in [5, 5.41) is 0. The van der Waals surface area contributed by atoms with Gasteiger partial charge in [0.1, 0.15) is 11.5 Å². The second-order valence-electron chi connectivity index (χ2n) is 11.4. The van der Waals surface area contributed by atoms with Crippen LogP contribution in [0.4, 0.5) is 0 Å². The van der Waals surface area contributed by atoms with Gasteiger partial charge in [0.15, 0.2) is 0 Å². The molecule has 239 valence electrons. The normalized spacial score (nSPS) is 15.2. The van der Waals surface area contributed by atoms with E-state index in [4.69, 9.17) is 21.8 Å². The van der Waals surface area contributed by atoms with Crippen molar-refractivity contribution in [2.24, 2.45) is 0 Å². The molecule has 5 aromatic carbocycles. The maximum Gasteiger partial charge on any atom is 0.239 e. The van der Waals surface area contributed by atoms with E-state index in [1.807, 2.05) is 66.7 Å². The summed E-state index contributed by atoms with van der Waals surface area (Å²) < 4.78 is 81.3. The van der Waals surface area contributed by atoms with Crippen molar-refractivity contribution in [3.63, 3.8) is 0 Å². The molecule has 7 aromatic rings. The molecule has 1 radical (unpaired) electrons. The molecule has 9 rings (SSSR count). The standard InChI is InChI=1S/C24H15BNO2.C19H16N.Ir/c1-15-12-13-26-19(14-15)16-10-11-22-23-24(16)28-21-9-5-3-7-18(21)25(23)17-6-2-4-8-20(17)27-22;1-14-8-10-17(11-9-14)19-12-18(15(2)13-20-19)16-6-4-3-5-7-16;/h2-9,11-14H,1H3;3-10,12-13H,1-2H3;/q2*-1;/i1D3;1D3,2D3;. The van der Waals surface area contributed by atoms with Gasteiger partial charge in [0.2, 0.25) is 6.71 Å². The molecule has 2 aliphatic heterocycles. The number of rotatable bonds is 3. The summed E-state index contributed by atoms with van der Waals surface area (Å²) in [6.45, 7) is -6.76. The molecule has 0 unspecified atom stereocenters. The first-order chi connectivity index (χ1) is 27.2. The van der Waals surface area contributed by atoms with Crippen LogP contribution in [0.2, 0.25) is 0 Å². The van der Waals surface area contributed by atoms with Crippen LogP contribution >= 0.6 is 0 Å². The fourth-order valence-corrected chi connectivity index (χ4v) is 6.12. The molecule has 49 heavy (non-hydrogen) atoms. The van der Waals surface area contributed by atoms with E-state index in [1.165, 1.54) is 30.6 Å². The number of para-hydroxylation sites is 2. The zero-order chi connectivity index (χ0) is 40.1. The van der Waals surface area contributed by atoms with Crippen molar-refractivity contribution in [1.82, 2.24) is 9.97 Å². The van der Waals surface area contributed by atoms with Gasteiger partial charge in [-0.1, -0.05) is 102 Å². The Bertz CT molecular complexity index is 2610. The molecule has 2 aromatic heterocycles. The van der Waals surface area contributed by atoms with Crippen molar-refractivity contribution < 1.29 is 41.9 Å². The van der Waals surface area contributed by atoms with E-state index >= 15 is 0 Å². The molecule has 0 spiro atoms. The Morgan fingerprint density at radius 2 is 1.41 bits per heavy atom. The molecule has 0 N–H and O–H groups in total. The monoisotopic (exact) mass is 820 g/mol. The van der Waals surface area contributed by atoms with Gasteiger partial charge in [-0.15, -0.1) is 47.5 Å². The average molecular weight is 820 g/mol. The van der Waals surface area contributed by atoms with E-state index in [2.05, 4.69) is 34.2 Å². The van der Waals surface area contributed by atoms with Crippen molar-refractivity contribution in [2.45, 2.75) is 20.6 Å². The van der Waals surface area contributed by atoms with Crippen molar-refractivity contribution in [2.75, 3.05) is 0 Å². The number of fused-ring (bicyclic) bond motifs is 4. The van der Waals surface area contributed by atoms with Gasteiger partial charge in [0.05, 0.1) is 0 Å². The van der Waals surface area contributed by atoms with Gasteiger partial charge >= 0.3 is 0 Å². The number of hydrogen-bond donors (Lipinski definition) is 0. The zero-order valence-electron chi connectivity index (χ0n) is 34.8. The maximum absolute atomic E-state index is 7.76. The third-order valence-electron chi connectivity index (χ3n) is 8.36. The minimum atomic E-state index is -2.29. The SMILES string of the molecule is [2H]C([2H])([2H])c1c[c-]c(-c2cc(-c3ccccc3)c(C([2H])([2H])[2H])cn2)cc1.[2H]C([2H])([2H])c1ccnc(-c2[c-]cc3c4c2Oc2ccccc2B4c2ccccc2O3)c1.[Ir]. The number of pyridine rings is 2. The number of hydrogen-bond acceptors (Lipinski definition) is 4. The Hall–Kier alpha value is -5.29. The van der Waals surface area contributed by atoms with E-state index in [1.54, 1.807) is 24.3 Å². The van der Waals surface area contributed by atoms with E-state index in [0.717, 1.165) is 33.5 Å². The summed E-state index contributed by atoms with van der Waals surface area (Å²) in [5.41, 5.74) is 7.25. The van der Waals surface area contributed by atoms with E-state index in [0.29, 0.717) is 39.6 Å². The molecule has 4 heterocycles. The largest absolute Gasteiger partial charge is 0.503 e. The van der Waals surface area contributed by atoms with Crippen molar-refractivity contribution in [1.29, 1.82) is 0 Å². The number of nitrogens with zero attached hydrogens (tertiary/aromatic N) is 2. The summed E-state index contributed by atoms with van der Waals surface area (Å²) in [6.07, 6.45) is 2.87. The second-order valence-corrected chi connectivity index (χ2v) is 11.4. The van der Waals surface area contributed by atoms with Gasteiger partial charge in [-0.25, -0.2) is 0 Å². The molecule has 0 fully saturated rings. The average Bonchev–Trinajstić information content (AvgIpc) is 3.20. The molecular weight excluding hydrogens is 780 g/mol. The Labute approximate surface area is 313 Å².